The van der Waals surface area contributed by atoms with Gasteiger partial charge in [0.05, 0.1) is 17.6 Å². The summed E-state index contributed by atoms with van der Waals surface area (Å²) in [6.45, 7) is 4.06. The Bertz CT molecular complexity index is 540. The molecule has 2 aromatic heterocycles. The third-order valence-corrected chi connectivity index (χ3v) is 2.92. The molecule has 4 heteroatoms. The molecule has 2 aromatic rings. The normalized spacial score (nSPS) is 14.9. The van der Waals surface area contributed by atoms with E-state index >= 15 is 0 Å². The molecule has 0 amide bonds. The molecule has 0 unspecified atom stereocenters. The first-order valence-electron chi connectivity index (χ1n) is 5.96. The van der Waals surface area contributed by atoms with Gasteiger partial charge in [0.2, 0.25) is 5.95 Å². The van der Waals surface area contributed by atoms with Crippen LogP contribution < -0.4 is 5.32 Å². The first kappa shape index (κ1) is 10.3. The summed E-state index contributed by atoms with van der Waals surface area (Å²) in [4.78, 5) is 8.70. The third kappa shape index (κ3) is 2.16. The van der Waals surface area contributed by atoms with E-state index in [1.54, 1.807) is 0 Å². The van der Waals surface area contributed by atoms with E-state index in [-0.39, 0.29) is 0 Å². The van der Waals surface area contributed by atoms with Gasteiger partial charge in [0, 0.05) is 18.4 Å². The van der Waals surface area contributed by atoms with Crippen LogP contribution >= 0.6 is 0 Å². The van der Waals surface area contributed by atoms with Crippen molar-refractivity contribution in [2.24, 2.45) is 0 Å². The monoisotopic (exact) mass is 228 g/mol. The number of hydrogen-bond donors (Lipinski definition) is 1. The quantitative estimate of drug-likeness (QED) is 0.878. The topological polar surface area (TPSA) is 42.7 Å². The number of imidazole rings is 1. The Hall–Kier alpha value is -1.84. The van der Waals surface area contributed by atoms with Gasteiger partial charge in [-0.15, -0.1) is 0 Å². The van der Waals surface area contributed by atoms with E-state index in [1.165, 1.54) is 12.8 Å². The predicted molar refractivity (Wildman–Crippen MR) is 67.5 cm³/mol. The summed E-state index contributed by atoms with van der Waals surface area (Å²) in [5.41, 5.74) is 3.20. The van der Waals surface area contributed by atoms with Crippen LogP contribution in [0.3, 0.4) is 0 Å². The van der Waals surface area contributed by atoms with Crippen LogP contribution in [-0.4, -0.2) is 14.5 Å². The number of nitrogens with one attached hydrogen (secondary N) is 1. The standard InChI is InChI=1S/C13H16N4/c1-9-5-11(7-14-6-9)16-13-15-10(2)8-17(13)12-3-4-12/h5-8,12H,3-4H2,1-2H3,(H,15,16). The fourth-order valence-electron chi connectivity index (χ4n) is 1.99. The summed E-state index contributed by atoms with van der Waals surface area (Å²) in [7, 11) is 0. The van der Waals surface area contributed by atoms with Crippen molar-refractivity contribution in [2.45, 2.75) is 32.7 Å². The zero-order valence-electron chi connectivity index (χ0n) is 10.1. The van der Waals surface area contributed by atoms with Crippen LogP contribution in [0.4, 0.5) is 11.6 Å². The van der Waals surface area contributed by atoms with Gasteiger partial charge in [-0.3, -0.25) is 4.98 Å². The number of aryl methyl sites for hydroxylation is 2. The van der Waals surface area contributed by atoms with E-state index < -0.39 is 0 Å². The number of pyridine rings is 1. The molecule has 0 bridgehead atoms. The fourth-order valence-corrected chi connectivity index (χ4v) is 1.99. The van der Waals surface area contributed by atoms with E-state index in [0.29, 0.717) is 6.04 Å². The number of hydrogen-bond acceptors (Lipinski definition) is 3. The molecule has 1 aliphatic carbocycles. The Morgan fingerprint density at radius 2 is 2.12 bits per heavy atom. The number of nitrogens with zero attached hydrogens (tertiary/aromatic N) is 3. The first-order chi connectivity index (χ1) is 8.22. The van der Waals surface area contributed by atoms with Crippen LogP contribution in [0, 0.1) is 13.8 Å². The minimum absolute atomic E-state index is 0.636. The Balaban J connectivity index is 1.89. The van der Waals surface area contributed by atoms with Crippen LogP contribution in [0.15, 0.2) is 24.7 Å². The molecule has 0 aromatic carbocycles. The van der Waals surface area contributed by atoms with Gasteiger partial charge in [-0.1, -0.05) is 0 Å². The molecule has 17 heavy (non-hydrogen) atoms. The third-order valence-electron chi connectivity index (χ3n) is 2.92. The van der Waals surface area contributed by atoms with Gasteiger partial charge >= 0.3 is 0 Å². The molecule has 4 nitrogen and oxygen atoms in total. The Morgan fingerprint density at radius 1 is 1.29 bits per heavy atom. The zero-order valence-corrected chi connectivity index (χ0v) is 10.1. The summed E-state index contributed by atoms with van der Waals surface area (Å²) < 4.78 is 2.23. The number of rotatable bonds is 3. The summed E-state index contributed by atoms with van der Waals surface area (Å²) >= 11 is 0. The van der Waals surface area contributed by atoms with Crippen LogP contribution in [0.5, 0.6) is 0 Å². The maximum absolute atomic E-state index is 4.52. The molecule has 1 saturated carbocycles. The highest BCUT2D eigenvalue weighted by atomic mass is 15.2. The van der Waals surface area contributed by atoms with Crippen molar-refractivity contribution in [3.63, 3.8) is 0 Å². The zero-order chi connectivity index (χ0) is 11.8. The van der Waals surface area contributed by atoms with Crippen molar-refractivity contribution >= 4 is 11.6 Å². The molecular weight excluding hydrogens is 212 g/mol. The lowest BCUT2D eigenvalue weighted by molar-refractivity contribution is 0.750. The van der Waals surface area contributed by atoms with E-state index in [9.17, 15) is 0 Å². The molecule has 1 fully saturated rings. The van der Waals surface area contributed by atoms with Crippen LogP contribution in [0.1, 0.15) is 30.1 Å². The summed E-state index contributed by atoms with van der Waals surface area (Å²) in [5, 5.41) is 3.34. The highest BCUT2D eigenvalue weighted by molar-refractivity contribution is 5.53. The Morgan fingerprint density at radius 3 is 2.82 bits per heavy atom. The molecule has 0 spiro atoms. The van der Waals surface area contributed by atoms with Crippen molar-refractivity contribution in [3.05, 3.63) is 35.9 Å². The fraction of sp³-hybridized carbons (Fsp3) is 0.385. The van der Waals surface area contributed by atoms with Crippen molar-refractivity contribution in [1.82, 2.24) is 14.5 Å². The molecule has 1 aliphatic rings. The summed E-state index contributed by atoms with van der Waals surface area (Å²) in [6.07, 6.45) is 8.31. The highest BCUT2D eigenvalue weighted by Crippen LogP contribution is 2.37. The van der Waals surface area contributed by atoms with E-state index in [4.69, 9.17) is 0 Å². The summed E-state index contributed by atoms with van der Waals surface area (Å²) in [5.74, 6) is 0.928. The minimum atomic E-state index is 0.636. The van der Waals surface area contributed by atoms with Crippen molar-refractivity contribution in [1.29, 1.82) is 0 Å². The second-order valence-electron chi connectivity index (χ2n) is 4.72. The maximum Gasteiger partial charge on any atom is 0.207 e. The van der Waals surface area contributed by atoms with Crippen LogP contribution in [-0.2, 0) is 0 Å². The van der Waals surface area contributed by atoms with Crippen molar-refractivity contribution < 1.29 is 0 Å². The largest absolute Gasteiger partial charge is 0.324 e. The maximum atomic E-state index is 4.52. The number of anilines is 2. The van der Waals surface area contributed by atoms with Gasteiger partial charge < -0.3 is 9.88 Å². The molecule has 88 valence electrons. The molecular formula is C13H16N4. The molecule has 3 rings (SSSR count). The van der Waals surface area contributed by atoms with E-state index in [2.05, 4.69) is 32.1 Å². The SMILES string of the molecule is Cc1cncc(Nc2nc(C)cn2C2CC2)c1. The highest BCUT2D eigenvalue weighted by Gasteiger charge is 2.26. The van der Waals surface area contributed by atoms with Gasteiger partial charge in [0.1, 0.15) is 0 Å². The molecule has 2 heterocycles. The van der Waals surface area contributed by atoms with Crippen molar-refractivity contribution in [2.75, 3.05) is 5.32 Å². The lowest BCUT2D eigenvalue weighted by Crippen LogP contribution is -2.01. The smallest absolute Gasteiger partial charge is 0.207 e. The average Bonchev–Trinajstić information content (AvgIpc) is 3.04. The second kappa shape index (κ2) is 3.87. The second-order valence-corrected chi connectivity index (χ2v) is 4.72. The Kier molecular flexibility index (Phi) is 2.35. The average molecular weight is 228 g/mol. The lowest BCUT2D eigenvalue weighted by atomic mass is 10.3. The minimum Gasteiger partial charge on any atom is -0.324 e. The van der Waals surface area contributed by atoms with Gasteiger partial charge in [-0.25, -0.2) is 4.98 Å². The molecule has 1 N–H and O–H groups in total. The molecule has 0 saturated heterocycles. The van der Waals surface area contributed by atoms with Gasteiger partial charge in [-0.05, 0) is 38.3 Å². The van der Waals surface area contributed by atoms with E-state index in [1.807, 2.05) is 26.2 Å². The van der Waals surface area contributed by atoms with Crippen molar-refractivity contribution in [3.8, 4) is 0 Å². The predicted octanol–water partition coefficient (Wildman–Crippen LogP) is 2.97. The number of aromatic nitrogens is 3. The lowest BCUT2D eigenvalue weighted by Gasteiger charge is -2.08. The molecule has 0 aliphatic heterocycles. The van der Waals surface area contributed by atoms with Gasteiger partial charge in [0.25, 0.3) is 0 Å². The van der Waals surface area contributed by atoms with Gasteiger partial charge in [-0.2, -0.15) is 0 Å². The molecule has 0 atom stereocenters. The van der Waals surface area contributed by atoms with E-state index in [0.717, 1.165) is 22.9 Å². The summed E-state index contributed by atoms with van der Waals surface area (Å²) in [6, 6.07) is 2.71. The molecule has 0 radical (unpaired) electrons. The van der Waals surface area contributed by atoms with Gasteiger partial charge in [0.15, 0.2) is 0 Å². The van der Waals surface area contributed by atoms with Crippen LogP contribution in [0.2, 0.25) is 0 Å². The Labute approximate surface area is 101 Å². The van der Waals surface area contributed by atoms with Crippen LogP contribution in [0.25, 0.3) is 0 Å². The first-order valence-corrected chi connectivity index (χ1v) is 5.96.